The molecule has 20 heavy (non-hydrogen) atoms. The molecule has 0 saturated heterocycles. The molecule has 1 atom stereocenters. The lowest BCUT2D eigenvalue weighted by atomic mass is 9.80. The Bertz CT molecular complexity index is 378. The molecule has 0 aromatic carbocycles. The largest absolute Gasteiger partial charge is 0.480 e. The van der Waals surface area contributed by atoms with Gasteiger partial charge in [-0.15, -0.1) is 0 Å². The van der Waals surface area contributed by atoms with Crippen LogP contribution in [0.3, 0.4) is 0 Å². The van der Waals surface area contributed by atoms with Crippen LogP contribution in [0.25, 0.3) is 0 Å². The van der Waals surface area contributed by atoms with Gasteiger partial charge in [-0.2, -0.15) is 0 Å². The molecule has 6 N–H and O–H groups in total. The molecule has 0 aliphatic heterocycles. The summed E-state index contributed by atoms with van der Waals surface area (Å²) in [6.45, 7) is 0. The Hall–Kier alpha value is -1.63. The van der Waals surface area contributed by atoms with E-state index in [-0.39, 0.29) is 25.2 Å². The van der Waals surface area contributed by atoms with E-state index < -0.39 is 23.5 Å². The normalized spacial score (nSPS) is 19.1. The first-order valence-electron chi connectivity index (χ1n) is 6.92. The average Bonchev–Trinajstić information content (AvgIpc) is 2.34. The van der Waals surface area contributed by atoms with Crippen molar-refractivity contribution < 1.29 is 19.5 Å². The van der Waals surface area contributed by atoms with Gasteiger partial charge in [0.1, 0.15) is 6.04 Å². The predicted molar refractivity (Wildman–Crippen MR) is 72.6 cm³/mol. The Morgan fingerprint density at radius 3 is 2.30 bits per heavy atom. The highest BCUT2D eigenvalue weighted by Gasteiger charge is 2.31. The van der Waals surface area contributed by atoms with Gasteiger partial charge in [-0.3, -0.25) is 9.59 Å². The first-order chi connectivity index (χ1) is 9.32. The molecule has 1 fully saturated rings. The number of nitrogens with two attached hydrogens (primary N) is 2. The zero-order chi connectivity index (χ0) is 15.2. The van der Waals surface area contributed by atoms with Crippen molar-refractivity contribution in [2.45, 2.75) is 62.9 Å². The minimum absolute atomic E-state index is 0.00597. The van der Waals surface area contributed by atoms with Crippen LogP contribution in [0.15, 0.2) is 0 Å². The molecule has 0 spiro atoms. The highest BCUT2D eigenvalue weighted by Crippen LogP contribution is 2.28. The Labute approximate surface area is 118 Å². The molecule has 1 aliphatic carbocycles. The third-order valence-electron chi connectivity index (χ3n) is 3.67. The summed E-state index contributed by atoms with van der Waals surface area (Å²) in [5.41, 5.74) is 10.6. The van der Waals surface area contributed by atoms with Gasteiger partial charge in [0.2, 0.25) is 11.8 Å². The van der Waals surface area contributed by atoms with E-state index in [2.05, 4.69) is 5.32 Å². The van der Waals surface area contributed by atoms with Crippen LogP contribution in [0.2, 0.25) is 0 Å². The van der Waals surface area contributed by atoms with Crippen molar-refractivity contribution in [1.82, 2.24) is 5.32 Å². The standard InChI is InChI=1S/C13H23N3O4/c14-10(17)5-4-9(12(19)20)16-11(18)8-13(15)6-2-1-3-7-13/h9H,1-8,15H2,(H2,14,17)(H,16,18)(H,19,20). The summed E-state index contributed by atoms with van der Waals surface area (Å²) in [5, 5.41) is 11.4. The van der Waals surface area contributed by atoms with Crippen molar-refractivity contribution in [3.05, 3.63) is 0 Å². The number of hydrogen-bond donors (Lipinski definition) is 4. The number of aliphatic carboxylic acids is 1. The van der Waals surface area contributed by atoms with E-state index in [0.29, 0.717) is 0 Å². The molecule has 0 aromatic rings. The molecule has 0 heterocycles. The molecule has 1 saturated carbocycles. The van der Waals surface area contributed by atoms with Crippen LogP contribution in [-0.2, 0) is 14.4 Å². The van der Waals surface area contributed by atoms with E-state index in [4.69, 9.17) is 16.6 Å². The number of rotatable bonds is 7. The maximum Gasteiger partial charge on any atom is 0.326 e. The second-order valence-electron chi connectivity index (χ2n) is 5.56. The molecule has 0 aromatic heterocycles. The second kappa shape index (κ2) is 7.23. The lowest BCUT2D eigenvalue weighted by Gasteiger charge is -2.33. The Morgan fingerprint density at radius 1 is 1.20 bits per heavy atom. The number of carbonyl (C=O) groups is 3. The lowest BCUT2D eigenvalue weighted by molar-refractivity contribution is -0.142. The molecule has 0 bridgehead atoms. The summed E-state index contributed by atoms with van der Waals surface area (Å²) < 4.78 is 0. The van der Waals surface area contributed by atoms with Crippen molar-refractivity contribution in [3.8, 4) is 0 Å². The van der Waals surface area contributed by atoms with Crippen molar-refractivity contribution in [2.24, 2.45) is 11.5 Å². The van der Waals surface area contributed by atoms with Gasteiger partial charge in [-0.05, 0) is 19.3 Å². The SMILES string of the molecule is NC(=O)CCC(NC(=O)CC1(N)CCCCC1)C(=O)O. The van der Waals surface area contributed by atoms with Gasteiger partial charge < -0.3 is 21.9 Å². The van der Waals surface area contributed by atoms with Crippen molar-refractivity contribution in [3.63, 3.8) is 0 Å². The van der Waals surface area contributed by atoms with Crippen LogP contribution in [0.1, 0.15) is 51.4 Å². The van der Waals surface area contributed by atoms with Crippen molar-refractivity contribution in [2.75, 3.05) is 0 Å². The summed E-state index contributed by atoms with van der Waals surface area (Å²) in [4.78, 5) is 33.6. The van der Waals surface area contributed by atoms with E-state index in [1.54, 1.807) is 0 Å². The van der Waals surface area contributed by atoms with Crippen LogP contribution in [0.4, 0.5) is 0 Å². The maximum atomic E-state index is 11.9. The molecule has 114 valence electrons. The number of primary amides is 1. The van der Waals surface area contributed by atoms with Crippen LogP contribution < -0.4 is 16.8 Å². The van der Waals surface area contributed by atoms with Gasteiger partial charge in [0.05, 0.1) is 0 Å². The van der Waals surface area contributed by atoms with Crippen LogP contribution >= 0.6 is 0 Å². The zero-order valence-electron chi connectivity index (χ0n) is 11.6. The van der Waals surface area contributed by atoms with Crippen LogP contribution in [0.5, 0.6) is 0 Å². The molecule has 1 aliphatic rings. The Balaban J connectivity index is 2.48. The third kappa shape index (κ3) is 5.56. The minimum Gasteiger partial charge on any atom is -0.480 e. The minimum atomic E-state index is -1.17. The maximum absolute atomic E-state index is 11.9. The quantitative estimate of drug-likeness (QED) is 0.516. The van der Waals surface area contributed by atoms with Gasteiger partial charge in [-0.1, -0.05) is 19.3 Å². The second-order valence-corrected chi connectivity index (χ2v) is 5.56. The molecule has 2 amide bonds. The summed E-state index contributed by atoms with van der Waals surface area (Å²) in [6.07, 6.45) is 4.70. The third-order valence-corrected chi connectivity index (χ3v) is 3.67. The number of nitrogens with one attached hydrogen (secondary N) is 1. The van der Waals surface area contributed by atoms with E-state index >= 15 is 0 Å². The van der Waals surface area contributed by atoms with E-state index in [9.17, 15) is 14.4 Å². The monoisotopic (exact) mass is 285 g/mol. The van der Waals surface area contributed by atoms with Gasteiger partial charge >= 0.3 is 5.97 Å². The van der Waals surface area contributed by atoms with Gasteiger partial charge in [0, 0.05) is 18.4 Å². The number of carboxylic acids is 1. The fraction of sp³-hybridized carbons (Fsp3) is 0.769. The summed E-state index contributed by atoms with van der Waals surface area (Å²) >= 11 is 0. The molecule has 1 unspecified atom stereocenters. The Kier molecular flexibility index (Phi) is 5.94. The van der Waals surface area contributed by atoms with Crippen LogP contribution in [0, 0.1) is 0 Å². The summed E-state index contributed by atoms with van der Waals surface area (Å²) in [7, 11) is 0. The highest BCUT2D eigenvalue weighted by atomic mass is 16.4. The van der Waals surface area contributed by atoms with Gasteiger partial charge in [0.25, 0.3) is 0 Å². The Morgan fingerprint density at radius 2 is 1.80 bits per heavy atom. The van der Waals surface area contributed by atoms with E-state index in [1.165, 1.54) is 0 Å². The summed E-state index contributed by atoms with van der Waals surface area (Å²) in [5.74, 6) is -2.14. The van der Waals surface area contributed by atoms with E-state index in [1.807, 2.05) is 0 Å². The lowest BCUT2D eigenvalue weighted by Crippen LogP contribution is -2.49. The molecule has 7 heteroatoms. The molecule has 0 radical (unpaired) electrons. The molecular formula is C13H23N3O4. The molecule has 1 rings (SSSR count). The van der Waals surface area contributed by atoms with E-state index in [0.717, 1.165) is 32.1 Å². The predicted octanol–water partition coefficient (Wildman–Crippen LogP) is -0.127. The summed E-state index contributed by atoms with van der Waals surface area (Å²) in [6, 6.07) is -1.10. The highest BCUT2D eigenvalue weighted by molar-refractivity contribution is 5.84. The van der Waals surface area contributed by atoms with Gasteiger partial charge in [0.15, 0.2) is 0 Å². The van der Waals surface area contributed by atoms with Gasteiger partial charge in [-0.25, -0.2) is 4.79 Å². The van der Waals surface area contributed by atoms with Crippen molar-refractivity contribution >= 4 is 17.8 Å². The fourth-order valence-electron chi connectivity index (χ4n) is 2.54. The number of hydrogen-bond acceptors (Lipinski definition) is 4. The smallest absolute Gasteiger partial charge is 0.326 e. The number of carbonyl (C=O) groups excluding carboxylic acids is 2. The number of carboxylic acid groups (broad SMARTS) is 1. The first kappa shape index (κ1) is 16.4. The number of amides is 2. The zero-order valence-corrected chi connectivity index (χ0v) is 11.6. The van der Waals surface area contributed by atoms with Crippen molar-refractivity contribution in [1.29, 1.82) is 0 Å². The van der Waals surface area contributed by atoms with Crippen LogP contribution in [-0.4, -0.2) is 34.5 Å². The topological polar surface area (TPSA) is 136 Å². The fourth-order valence-corrected chi connectivity index (χ4v) is 2.54. The average molecular weight is 285 g/mol. The molecule has 7 nitrogen and oxygen atoms in total. The first-order valence-corrected chi connectivity index (χ1v) is 6.92. The molecular weight excluding hydrogens is 262 g/mol.